The highest BCUT2D eigenvalue weighted by atomic mass is 16.1. The molecule has 1 fully saturated rings. The minimum atomic E-state index is -0.378. The number of aromatic amines is 1. The fourth-order valence-corrected chi connectivity index (χ4v) is 3.78. The minimum absolute atomic E-state index is 0.115. The quantitative estimate of drug-likeness (QED) is 0.516. The number of amides is 1. The molecule has 0 radical (unpaired) electrons. The lowest BCUT2D eigenvalue weighted by atomic mass is 9.89. The zero-order valence-electron chi connectivity index (χ0n) is 17.6. The summed E-state index contributed by atoms with van der Waals surface area (Å²) in [5, 5.41) is 15.2. The molecule has 1 aromatic carbocycles. The van der Waals surface area contributed by atoms with Gasteiger partial charge in [-0.15, -0.1) is 10.2 Å². The summed E-state index contributed by atoms with van der Waals surface area (Å²) >= 11 is 0. The maximum Gasteiger partial charge on any atom is 0.251 e. The van der Waals surface area contributed by atoms with Crippen molar-refractivity contribution in [3.05, 3.63) is 71.5 Å². The molecule has 32 heavy (non-hydrogen) atoms. The van der Waals surface area contributed by atoms with Crippen LogP contribution in [0.5, 0.6) is 0 Å². The SMILES string of the molecule is Cc1ccc(C(=O)NC2CC2)cc1-n1ncc(C(=O)C2C=C(c3nnc[nH]3)C=CC2)c1N. The minimum Gasteiger partial charge on any atom is -0.383 e. The third kappa shape index (κ3) is 3.73. The number of aromatic nitrogens is 5. The molecule has 4 N–H and O–H groups in total. The zero-order valence-corrected chi connectivity index (χ0v) is 17.6. The Morgan fingerprint density at radius 2 is 2.12 bits per heavy atom. The second-order valence-electron chi connectivity index (χ2n) is 8.17. The normalized spacial score (nSPS) is 17.8. The molecule has 2 aliphatic carbocycles. The van der Waals surface area contributed by atoms with Crippen LogP contribution in [0.25, 0.3) is 11.3 Å². The van der Waals surface area contributed by atoms with Gasteiger partial charge in [-0.05, 0) is 43.9 Å². The van der Waals surface area contributed by atoms with Gasteiger partial charge in [0.1, 0.15) is 12.1 Å². The summed E-state index contributed by atoms with van der Waals surface area (Å²) in [5.41, 5.74) is 9.64. The van der Waals surface area contributed by atoms with Crippen LogP contribution in [0.4, 0.5) is 5.82 Å². The number of benzene rings is 1. The summed E-state index contributed by atoms with van der Waals surface area (Å²) < 4.78 is 1.52. The van der Waals surface area contributed by atoms with Gasteiger partial charge in [0.05, 0.1) is 17.4 Å². The number of hydrogen-bond acceptors (Lipinski definition) is 6. The topological polar surface area (TPSA) is 132 Å². The van der Waals surface area contributed by atoms with Gasteiger partial charge in [-0.3, -0.25) is 9.59 Å². The van der Waals surface area contributed by atoms with Crippen LogP contribution in [0.1, 0.15) is 51.4 Å². The van der Waals surface area contributed by atoms with Crippen LogP contribution in [-0.4, -0.2) is 42.7 Å². The lowest BCUT2D eigenvalue weighted by Crippen LogP contribution is -2.25. The van der Waals surface area contributed by atoms with Crippen LogP contribution in [0.3, 0.4) is 0 Å². The van der Waals surface area contributed by atoms with E-state index in [1.807, 2.05) is 31.2 Å². The molecule has 9 nitrogen and oxygen atoms in total. The number of rotatable bonds is 6. The number of carbonyl (C=O) groups is 2. The molecule has 3 aromatic rings. The highest BCUT2D eigenvalue weighted by Gasteiger charge is 2.26. The number of aryl methyl sites for hydroxylation is 1. The Morgan fingerprint density at radius 3 is 2.88 bits per heavy atom. The number of carbonyl (C=O) groups excluding carboxylic acids is 2. The van der Waals surface area contributed by atoms with E-state index >= 15 is 0 Å². The van der Waals surface area contributed by atoms with Crippen LogP contribution < -0.4 is 11.1 Å². The molecule has 0 spiro atoms. The van der Waals surface area contributed by atoms with Crippen molar-refractivity contribution in [1.82, 2.24) is 30.3 Å². The van der Waals surface area contributed by atoms with Gasteiger partial charge in [0.2, 0.25) is 0 Å². The zero-order chi connectivity index (χ0) is 22.2. The van der Waals surface area contributed by atoms with Crippen molar-refractivity contribution in [2.24, 2.45) is 5.92 Å². The van der Waals surface area contributed by atoms with Crippen LogP contribution in [0.15, 0.2) is 49.0 Å². The molecule has 1 saturated carbocycles. The van der Waals surface area contributed by atoms with Gasteiger partial charge in [0, 0.05) is 23.1 Å². The summed E-state index contributed by atoms with van der Waals surface area (Å²) in [6, 6.07) is 5.67. The predicted octanol–water partition coefficient (Wildman–Crippen LogP) is 2.62. The summed E-state index contributed by atoms with van der Waals surface area (Å²) in [6.45, 7) is 1.92. The van der Waals surface area contributed by atoms with E-state index in [4.69, 9.17) is 5.73 Å². The average Bonchev–Trinajstić information content (AvgIpc) is 3.29. The lowest BCUT2D eigenvalue weighted by molar-refractivity contribution is 0.0940. The number of allylic oxidation sites excluding steroid dienone is 4. The second-order valence-corrected chi connectivity index (χ2v) is 8.17. The van der Waals surface area contributed by atoms with Crippen molar-refractivity contribution in [3.63, 3.8) is 0 Å². The molecule has 9 heteroatoms. The molecule has 5 rings (SSSR count). The monoisotopic (exact) mass is 429 g/mol. The molecular weight excluding hydrogens is 406 g/mol. The molecule has 162 valence electrons. The average molecular weight is 429 g/mol. The Hall–Kier alpha value is -4.01. The van der Waals surface area contributed by atoms with Crippen LogP contribution in [-0.2, 0) is 0 Å². The molecule has 1 atom stereocenters. The Labute approximate surface area is 184 Å². The van der Waals surface area contributed by atoms with Gasteiger partial charge in [-0.2, -0.15) is 5.10 Å². The van der Waals surface area contributed by atoms with Crippen molar-refractivity contribution < 1.29 is 9.59 Å². The Balaban J connectivity index is 1.43. The Kier molecular flexibility index (Phi) is 4.93. The highest BCUT2D eigenvalue weighted by molar-refractivity contribution is 6.04. The molecule has 1 amide bonds. The van der Waals surface area contributed by atoms with Gasteiger partial charge < -0.3 is 16.0 Å². The van der Waals surface area contributed by atoms with Gasteiger partial charge in [-0.25, -0.2) is 4.68 Å². The highest BCUT2D eigenvalue weighted by Crippen LogP contribution is 2.29. The van der Waals surface area contributed by atoms with Crippen molar-refractivity contribution in [3.8, 4) is 5.69 Å². The van der Waals surface area contributed by atoms with Crippen LogP contribution in [0.2, 0.25) is 0 Å². The first-order chi connectivity index (χ1) is 15.5. The molecule has 2 aliphatic rings. The van der Waals surface area contributed by atoms with Gasteiger partial charge in [0.25, 0.3) is 5.91 Å². The number of nitrogens with two attached hydrogens (primary N) is 1. The van der Waals surface area contributed by atoms with Crippen molar-refractivity contribution >= 4 is 23.1 Å². The molecule has 0 saturated heterocycles. The van der Waals surface area contributed by atoms with Crippen molar-refractivity contribution in [2.75, 3.05) is 5.73 Å². The van der Waals surface area contributed by atoms with Crippen LogP contribution >= 0.6 is 0 Å². The van der Waals surface area contributed by atoms with Crippen molar-refractivity contribution in [1.29, 1.82) is 0 Å². The number of anilines is 1. The summed E-state index contributed by atoms with van der Waals surface area (Å²) in [5.74, 6) is 0.253. The fourth-order valence-electron chi connectivity index (χ4n) is 3.78. The maximum absolute atomic E-state index is 13.2. The first kappa shape index (κ1) is 19.9. The van der Waals surface area contributed by atoms with Gasteiger partial charge >= 0.3 is 0 Å². The number of Topliss-reactive ketones (excluding diaryl/α,β-unsaturated/α-hetero) is 1. The number of hydrogen-bond donors (Lipinski definition) is 3. The van der Waals surface area contributed by atoms with Crippen molar-refractivity contribution in [2.45, 2.75) is 32.2 Å². The Morgan fingerprint density at radius 1 is 1.28 bits per heavy atom. The largest absolute Gasteiger partial charge is 0.383 e. The number of nitrogens with one attached hydrogen (secondary N) is 2. The Bertz CT molecular complexity index is 1250. The smallest absolute Gasteiger partial charge is 0.251 e. The molecule has 0 aliphatic heterocycles. The molecule has 1 unspecified atom stereocenters. The van der Waals surface area contributed by atoms with E-state index in [2.05, 4.69) is 25.6 Å². The number of H-pyrrole nitrogens is 1. The van der Waals surface area contributed by atoms with Crippen LogP contribution in [0, 0.1) is 12.8 Å². The molecule has 2 heterocycles. The lowest BCUT2D eigenvalue weighted by Gasteiger charge is -2.15. The van der Waals surface area contributed by atoms with E-state index in [1.165, 1.54) is 17.2 Å². The number of nitrogen functional groups attached to an aromatic ring is 1. The third-order valence-corrected chi connectivity index (χ3v) is 5.78. The summed E-state index contributed by atoms with van der Waals surface area (Å²) in [7, 11) is 0. The summed E-state index contributed by atoms with van der Waals surface area (Å²) in [4.78, 5) is 28.7. The van der Waals surface area contributed by atoms with E-state index in [9.17, 15) is 9.59 Å². The number of nitrogens with zero attached hydrogens (tertiary/aromatic N) is 4. The van der Waals surface area contributed by atoms with Gasteiger partial charge in [-0.1, -0.05) is 24.3 Å². The first-order valence-electron chi connectivity index (χ1n) is 10.6. The second kappa shape index (κ2) is 7.92. The first-order valence-corrected chi connectivity index (χ1v) is 10.6. The van der Waals surface area contributed by atoms with Gasteiger partial charge in [0.15, 0.2) is 11.6 Å². The van der Waals surface area contributed by atoms with E-state index in [-0.39, 0.29) is 29.5 Å². The van der Waals surface area contributed by atoms with E-state index in [0.29, 0.717) is 29.1 Å². The molecule has 0 bridgehead atoms. The van der Waals surface area contributed by atoms with E-state index < -0.39 is 0 Å². The summed E-state index contributed by atoms with van der Waals surface area (Å²) in [6.07, 6.45) is 11.3. The van der Waals surface area contributed by atoms with E-state index in [0.717, 1.165) is 24.0 Å². The molecular formula is C23H23N7O2. The third-order valence-electron chi connectivity index (χ3n) is 5.78. The maximum atomic E-state index is 13.2. The number of ketones is 1. The standard InChI is InChI=1S/C23H23N7O2/c1-13-5-6-16(23(32)28-17-7-8-17)10-19(13)30-21(24)18(11-27-30)20(31)14-3-2-4-15(9-14)22-25-12-26-29-22/h2,4-6,9-12,14,17H,3,7-8,24H2,1H3,(H,28,32)(H,25,26,29). The molecule has 2 aromatic heterocycles. The van der Waals surface area contributed by atoms with E-state index in [1.54, 1.807) is 12.1 Å². The predicted molar refractivity (Wildman–Crippen MR) is 119 cm³/mol. The fraction of sp³-hybridized carbons (Fsp3) is 0.261.